The number of fused-ring (bicyclic) bond motifs is 1. The van der Waals surface area contributed by atoms with E-state index in [1.54, 1.807) is 18.1 Å². The number of benzene rings is 2. The third kappa shape index (κ3) is 4.40. The average molecular weight is 450 g/mol. The highest BCUT2D eigenvalue weighted by molar-refractivity contribution is 6.46. The fraction of sp³-hybridized carbons (Fsp3) is 0.407. The number of carbonyl (C=O) groups excluding carboxylic acids is 2. The molecule has 33 heavy (non-hydrogen) atoms. The van der Waals surface area contributed by atoms with Crippen molar-refractivity contribution in [1.29, 1.82) is 0 Å². The van der Waals surface area contributed by atoms with E-state index in [0.717, 1.165) is 23.3 Å². The second kappa shape index (κ2) is 9.40. The number of amides is 1. The molecule has 1 amide bonds. The van der Waals surface area contributed by atoms with Crippen LogP contribution in [0.4, 0.5) is 0 Å². The average Bonchev–Trinajstić information content (AvgIpc) is 3.29. The molecule has 1 saturated heterocycles. The Morgan fingerprint density at radius 1 is 1.18 bits per heavy atom. The number of aliphatic hydroxyl groups excluding tert-OH is 1. The van der Waals surface area contributed by atoms with Gasteiger partial charge in [-0.1, -0.05) is 38.1 Å². The van der Waals surface area contributed by atoms with Crippen molar-refractivity contribution >= 4 is 17.4 Å². The van der Waals surface area contributed by atoms with Gasteiger partial charge in [0.05, 0.1) is 11.6 Å². The van der Waals surface area contributed by atoms with Gasteiger partial charge in [-0.05, 0) is 54.2 Å². The third-order valence-corrected chi connectivity index (χ3v) is 6.38. The normalized spacial score (nSPS) is 21.5. The van der Waals surface area contributed by atoms with Gasteiger partial charge in [-0.2, -0.15) is 0 Å². The molecule has 0 saturated carbocycles. The van der Waals surface area contributed by atoms with Crippen molar-refractivity contribution < 1.29 is 24.2 Å². The zero-order valence-corrected chi connectivity index (χ0v) is 19.6. The molecule has 2 heterocycles. The van der Waals surface area contributed by atoms with Crippen molar-refractivity contribution in [3.63, 3.8) is 0 Å². The number of ether oxygens (including phenoxy) is 2. The van der Waals surface area contributed by atoms with Crippen molar-refractivity contribution in [2.24, 2.45) is 0 Å². The second-order valence-electron chi connectivity index (χ2n) is 9.12. The summed E-state index contributed by atoms with van der Waals surface area (Å²) in [6.45, 7) is 7.06. The minimum atomic E-state index is -0.659. The highest BCUT2D eigenvalue weighted by Crippen LogP contribution is 2.41. The summed E-state index contributed by atoms with van der Waals surface area (Å²) in [7, 11) is 1.61. The Labute approximate surface area is 194 Å². The van der Waals surface area contributed by atoms with E-state index in [4.69, 9.17) is 9.47 Å². The molecule has 2 unspecified atom stereocenters. The molecule has 1 fully saturated rings. The van der Waals surface area contributed by atoms with Crippen LogP contribution in [0.5, 0.6) is 5.75 Å². The molecule has 0 spiro atoms. The smallest absolute Gasteiger partial charge is 0.295 e. The summed E-state index contributed by atoms with van der Waals surface area (Å²) in [5.41, 5.74) is 3.60. The standard InChI is InChI=1S/C27H31NO5/c1-16(2)18-6-8-19(9-7-18)24-23(26(30)27(31)28(24)12-5-13-32-4)25(29)20-10-11-22-21(15-20)14-17(3)33-22/h6-11,15-17,24,29H,5,12-14H2,1-4H3/b25-23-. The lowest BCUT2D eigenvalue weighted by Gasteiger charge is -2.25. The minimum Gasteiger partial charge on any atom is -0.507 e. The van der Waals surface area contributed by atoms with Crippen molar-refractivity contribution in [3.05, 3.63) is 70.3 Å². The van der Waals surface area contributed by atoms with E-state index in [9.17, 15) is 14.7 Å². The number of carbonyl (C=O) groups is 2. The van der Waals surface area contributed by atoms with Crippen LogP contribution in [-0.2, 0) is 20.7 Å². The van der Waals surface area contributed by atoms with E-state index in [1.165, 1.54) is 5.56 Å². The molecule has 2 atom stereocenters. The Morgan fingerprint density at radius 3 is 2.58 bits per heavy atom. The Hall–Kier alpha value is -3.12. The van der Waals surface area contributed by atoms with Crippen LogP contribution in [-0.4, -0.2) is 48.1 Å². The maximum absolute atomic E-state index is 13.1. The molecule has 2 aromatic carbocycles. The van der Waals surface area contributed by atoms with Crippen molar-refractivity contribution in [3.8, 4) is 5.75 Å². The Kier molecular flexibility index (Phi) is 6.56. The maximum Gasteiger partial charge on any atom is 0.295 e. The van der Waals surface area contributed by atoms with Crippen molar-refractivity contribution in [2.75, 3.05) is 20.3 Å². The van der Waals surface area contributed by atoms with Crippen LogP contribution in [0.25, 0.3) is 5.76 Å². The molecular formula is C27H31NO5. The Bertz CT molecular complexity index is 1090. The Balaban J connectivity index is 1.79. The first-order valence-electron chi connectivity index (χ1n) is 11.5. The van der Waals surface area contributed by atoms with Gasteiger partial charge in [0.15, 0.2) is 0 Å². The number of Topliss-reactive ketones (excluding diaryl/α,β-unsaturated/α-hetero) is 1. The minimum absolute atomic E-state index is 0.0724. The topological polar surface area (TPSA) is 76.1 Å². The fourth-order valence-electron chi connectivity index (χ4n) is 4.62. The highest BCUT2D eigenvalue weighted by Gasteiger charge is 2.45. The van der Waals surface area contributed by atoms with Crippen molar-refractivity contribution in [1.82, 2.24) is 4.90 Å². The van der Waals surface area contributed by atoms with E-state index in [0.29, 0.717) is 31.1 Å². The Morgan fingerprint density at radius 2 is 1.91 bits per heavy atom. The lowest BCUT2D eigenvalue weighted by atomic mass is 9.92. The van der Waals surface area contributed by atoms with Gasteiger partial charge in [0.25, 0.3) is 11.7 Å². The van der Waals surface area contributed by atoms with Crippen LogP contribution < -0.4 is 4.74 Å². The molecule has 2 aliphatic heterocycles. The quantitative estimate of drug-likeness (QED) is 0.290. The van der Waals surface area contributed by atoms with Gasteiger partial charge in [0.2, 0.25) is 0 Å². The molecular weight excluding hydrogens is 418 g/mol. The summed E-state index contributed by atoms with van der Waals surface area (Å²) in [4.78, 5) is 27.7. The first-order valence-corrected chi connectivity index (χ1v) is 11.5. The third-order valence-electron chi connectivity index (χ3n) is 6.38. The highest BCUT2D eigenvalue weighted by atomic mass is 16.5. The molecule has 2 aromatic rings. The predicted molar refractivity (Wildman–Crippen MR) is 126 cm³/mol. The van der Waals surface area contributed by atoms with Gasteiger partial charge < -0.3 is 19.5 Å². The van der Waals surface area contributed by atoms with Crippen LogP contribution in [0.1, 0.15) is 61.4 Å². The van der Waals surface area contributed by atoms with E-state index < -0.39 is 17.7 Å². The van der Waals surface area contributed by atoms with Crippen molar-refractivity contribution in [2.45, 2.75) is 51.7 Å². The van der Waals surface area contributed by atoms with Gasteiger partial charge in [-0.15, -0.1) is 0 Å². The van der Waals surface area contributed by atoms with Crippen LogP contribution in [0.3, 0.4) is 0 Å². The van der Waals surface area contributed by atoms with E-state index >= 15 is 0 Å². The first-order chi connectivity index (χ1) is 15.8. The zero-order valence-electron chi connectivity index (χ0n) is 19.6. The van der Waals surface area contributed by atoms with Gasteiger partial charge in [0.1, 0.15) is 17.6 Å². The molecule has 0 aliphatic carbocycles. The molecule has 1 N–H and O–H groups in total. The van der Waals surface area contributed by atoms with Crippen LogP contribution in [0, 0.1) is 0 Å². The number of methoxy groups -OCH3 is 1. The summed E-state index contributed by atoms with van der Waals surface area (Å²) in [5, 5.41) is 11.3. The zero-order chi connectivity index (χ0) is 23.7. The lowest BCUT2D eigenvalue weighted by molar-refractivity contribution is -0.140. The molecule has 4 rings (SSSR count). The molecule has 174 valence electrons. The summed E-state index contributed by atoms with van der Waals surface area (Å²) < 4.78 is 10.9. The molecule has 6 heteroatoms. The molecule has 2 aliphatic rings. The number of rotatable bonds is 7. The summed E-state index contributed by atoms with van der Waals surface area (Å²) in [5.74, 6) is -0.248. The number of likely N-dealkylation sites (tertiary alicyclic amines) is 1. The summed E-state index contributed by atoms with van der Waals surface area (Å²) >= 11 is 0. The largest absolute Gasteiger partial charge is 0.507 e. The predicted octanol–water partition coefficient (Wildman–Crippen LogP) is 4.59. The number of hydrogen-bond acceptors (Lipinski definition) is 5. The van der Waals surface area contributed by atoms with Gasteiger partial charge >= 0.3 is 0 Å². The summed E-state index contributed by atoms with van der Waals surface area (Å²) in [6, 6.07) is 12.7. The first kappa shape index (κ1) is 23.1. The molecule has 0 aromatic heterocycles. The summed E-state index contributed by atoms with van der Waals surface area (Å²) in [6.07, 6.45) is 1.41. The number of nitrogens with zero attached hydrogens (tertiary/aromatic N) is 1. The number of hydrogen-bond donors (Lipinski definition) is 1. The number of ketones is 1. The lowest BCUT2D eigenvalue weighted by Crippen LogP contribution is -2.31. The molecule has 0 radical (unpaired) electrons. The van der Waals surface area contributed by atoms with Gasteiger partial charge in [-0.25, -0.2) is 0 Å². The SMILES string of the molecule is COCCCN1C(=O)C(=O)/C(=C(\O)c2ccc3c(c2)CC(C)O3)C1c1ccc(C(C)C)cc1. The van der Waals surface area contributed by atoms with E-state index in [-0.39, 0.29) is 17.4 Å². The van der Waals surface area contributed by atoms with Crippen LogP contribution in [0.2, 0.25) is 0 Å². The van der Waals surface area contributed by atoms with Gasteiger partial charge in [-0.3, -0.25) is 9.59 Å². The monoisotopic (exact) mass is 449 g/mol. The van der Waals surface area contributed by atoms with E-state index in [2.05, 4.69) is 13.8 Å². The number of aliphatic hydroxyl groups is 1. The van der Waals surface area contributed by atoms with Gasteiger partial charge in [0, 0.05) is 32.2 Å². The fourth-order valence-corrected chi connectivity index (χ4v) is 4.62. The second-order valence-corrected chi connectivity index (χ2v) is 9.12. The van der Waals surface area contributed by atoms with E-state index in [1.807, 2.05) is 43.3 Å². The molecule has 0 bridgehead atoms. The maximum atomic E-state index is 13.1. The van der Waals surface area contributed by atoms with Crippen LogP contribution in [0.15, 0.2) is 48.0 Å². The molecule has 6 nitrogen and oxygen atoms in total. The van der Waals surface area contributed by atoms with Crippen LogP contribution >= 0.6 is 0 Å².